The normalized spacial score (nSPS) is 10.9. The molecule has 0 amide bonds. The van der Waals surface area contributed by atoms with Crippen LogP contribution in [0.2, 0.25) is 0 Å². The number of anilines is 1. The van der Waals surface area contributed by atoms with E-state index in [0.717, 1.165) is 33.4 Å². The summed E-state index contributed by atoms with van der Waals surface area (Å²) >= 11 is 1.24. The maximum atomic E-state index is 5.88. The minimum absolute atomic E-state index is 0.778. The van der Waals surface area contributed by atoms with Crippen LogP contribution in [0.25, 0.3) is 22.2 Å². The number of nitrogens with zero attached hydrogens (tertiary/aromatic N) is 2. The van der Waals surface area contributed by atoms with E-state index in [2.05, 4.69) is 20.9 Å². The molecule has 0 spiro atoms. The highest BCUT2D eigenvalue weighted by molar-refractivity contribution is 7.00. The van der Waals surface area contributed by atoms with Gasteiger partial charge in [-0.15, -0.1) is 0 Å². The van der Waals surface area contributed by atoms with Gasteiger partial charge in [0.1, 0.15) is 11.0 Å². The highest BCUT2D eigenvalue weighted by Crippen LogP contribution is 2.29. The molecule has 0 saturated carbocycles. The Bertz CT molecular complexity index is 668. The minimum Gasteiger partial charge on any atom is -0.399 e. The van der Waals surface area contributed by atoms with E-state index in [-0.39, 0.29) is 0 Å². The molecular formula is C13H11N3S. The van der Waals surface area contributed by atoms with Crippen LogP contribution in [0.5, 0.6) is 0 Å². The van der Waals surface area contributed by atoms with Crippen LogP contribution in [0.15, 0.2) is 36.4 Å². The zero-order chi connectivity index (χ0) is 11.8. The molecule has 0 bridgehead atoms. The molecule has 0 aliphatic carbocycles. The Morgan fingerprint density at radius 1 is 1.12 bits per heavy atom. The highest BCUT2D eigenvalue weighted by atomic mass is 32.1. The molecule has 3 rings (SSSR count). The van der Waals surface area contributed by atoms with Crippen LogP contribution in [0, 0.1) is 6.92 Å². The lowest BCUT2D eigenvalue weighted by atomic mass is 10.0. The number of hydrogen-bond acceptors (Lipinski definition) is 4. The van der Waals surface area contributed by atoms with Crippen LogP contribution in [0.4, 0.5) is 5.69 Å². The van der Waals surface area contributed by atoms with Gasteiger partial charge in [-0.3, -0.25) is 0 Å². The zero-order valence-corrected chi connectivity index (χ0v) is 10.2. The number of aryl methyl sites for hydroxylation is 1. The van der Waals surface area contributed by atoms with Crippen molar-refractivity contribution in [2.75, 3.05) is 5.73 Å². The van der Waals surface area contributed by atoms with Gasteiger partial charge < -0.3 is 5.73 Å². The molecule has 3 aromatic rings. The fourth-order valence-corrected chi connectivity index (χ4v) is 2.56. The van der Waals surface area contributed by atoms with E-state index in [9.17, 15) is 0 Å². The van der Waals surface area contributed by atoms with Crippen molar-refractivity contribution in [3.8, 4) is 11.1 Å². The van der Waals surface area contributed by atoms with Gasteiger partial charge in [0.15, 0.2) is 0 Å². The summed E-state index contributed by atoms with van der Waals surface area (Å²) in [5, 5.41) is 0. The molecule has 0 radical (unpaired) electrons. The molecule has 0 aliphatic rings. The van der Waals surface area contributed by atoms with Crippen molar-refractivity contribution < 1.29 is 0 Å². The molecule has 1 heterocycles. The first-order chi connectivity index (χ1) is 8.24. The lowest BCUT2D eigenvalue weighted by Crippen LogP contribution is -1.88. The third-order valence-corrected chi connectivity index (χ3v) is 3.24. The molecule has 0 atom stereocenters. The molecule has 0 aliphatic heterocycles. The molecule has 3 nitrogen and oxygen atoms in total. The Balaban J connectivity index is 2.30. The van der Waals surface area contributed by atoms with Crippen molar-refractivity contribution in [2.24, 2.45) is 0 Å². The summed E-state index contributed by atoms with van der Waals surface area (Å²) < 4.78 is 8.59. The number of aromatic nitrogens is 2. The molecule has 1 aromatic heterocycles. The Kier molecular flexibility index (Phi) is 2.30. The van der Waals surface area contributed by atoms with Gasteiger partial charge >= 0.3 is 0 Å². The number of nitrogen functional groups attached to an aromatic ring is 1. The fraction of sp³-hybridized carbons (Fsp3) is 0.0769. The van der Waals surface area contributed by atoms with Crippen molar-refractivity contribution in [1.82, 2.24) is 8.75 Å². The second-order valence-electron chi connectivity index (χ2n) is 4.07. The van der Waals surface area contributed by atoms with Crippen molar-refractivity contribution in [1.29, 1.82) is 0 Å². The smallest absolute Gasteiger partial charge is 0.112 e. The van der Waals surface area contributed by atoms with Crippen LogP contribution in [-0.2, 0) is 0 Å². The van der Waals surface area contributed by atoms with Gasteiger partial charge in [-0.25, -0.2) is 0 Å². The molecular weight excluding hydrogens is 230 g/mol. The number of rotatable bonds is 1. The number of benzene rings is 2. The highest BCUT2D eigenvalue weighted by Gasteiger charge is 2.07. The van der Waals surface area contributed by atoms with Crippen molar-refractivity contribution >= 4 is 28.4 Å². The lowest BCUT2D eigenvalue weighted by molar-refractivity contribution is 1.47. The Labute approximate surface area is 103 Å². The molecule has 0 saturated heterocycles. The third-order valence-electron chi connectivity index (χ3n) is 2.70. The van der Waals surface area contributed by atoms with E-state index < -0.39 is 0 Å². The molecule has 0 unspecified atom stereocenters. The standard InChI is InChI=1S/C13H11N3S/c1-8-5-9(7-10(14)6-8)11-3-2-4-12-13(11)16-17-15-12/h2-7H,14H2,1H3. The van der Waals surface area contributed by atoms with Crippen LogP contribution < -0.4 is 5.73 Å². The van der Waals surface area contributed by atoms with Crippen LogP contribution >= 0.6 is 11.7 Å². The van der Waals surface area contributed by atoms with Gasteiger partial charge in [0.05, 0.1) is 11.7 Å². The summed E-state index contributed by atoms with van der Waals surface area (Å²) in [5.41, 5.74) is 11.9. The van der Waals surface area contributed by atoms with E-state index in [1.54, 1.807) is 0 Å². The molecule has 2 N–H and O–H groups in total. The number of fused-ring (bicyclic) bond motifs is 1. The van der Waals surface area contributed by atoms with Gasteiger partial charge in [0.2, 0.25) is 0 Å². The predicted octanol–water partition coefficient (Wildman–Crippen LogP) is 3.25. The summed E-state index contributed by atoms with van der Waals surface area (Å²) in [6.07, 6.45) is 0. The van der Waals surface area contributed by atoms with Crippen molar-refractivity contribution in [3.63, 3.8) is 0 Å². The summed E-state index contributed by atoms with van der Waals surface area (Å²) in [7, 11) is 0. The fourth-order valence-electron chi connectivity index (χ4n) is 2.01. The SMILES string of the molecule is Cc1cc(N)cc(-c2cccc3nsnc23)c1. The van der Waals surface area contributed by atoms with Crippen LogP contribution in [-0.4, -0.2) is 8.75 Å². The lowest BCUT2D eigenvalue weighted by Gasteiger charge is -2.05. The molecule has 4 heteroatoms. The average Bonchev–Trinajstić information content (AvgIpc) is 2.75. The predicted molar refractivity (Wildman–Crippen MR) is 72.0 cm³/mol. The molecule has 17 heavy (non-hydrogen) atoms. The summed E-state index contributed by atoms with van der Waals surface area (Å²) in [5.74, 6) is 0. The monoisotopic (exact) mass is 241 g/mol. The summed E-state index contributed by atoms with van der Waals surface area (Å²) in [6, 6.07) is 12.1. The van der Waals surface area contributed by atoms with E-state index in [1.807, 2.05) is 31.2 Å². The molecule has 2 aromatic carbocycles. The van der Waals surface area contributed by atoms with E-state index >= 15 is 0 Å². The summed E-state index contributed by atoms with van der Waals surface area (Å²) in [4.78, 5) is 0. The Morgan fingerprint density at radius 3 is 2.82 bits per heavy atom. The van der Waals surface area contributed by atoms with Gasteiger partial charge in [0, 0.05) is 11.3 Å². The Hall–Kier alpha value is -1.94. The maximum Gasteiger partial charge on any atom is 0.112 e. The zero-order valence-electron chi connectivity index (χ0n) is 9.34. The van der Waals surface area contributed by atoms with Gasteiger partial charge in [-0.2, -0.15) is 8.75 Å². The first kappa shape index (κ1) is 10.2. The quantitative estimate of drug-likeness (QED) is 0.665. The summed E-state index contributed by atoms with van der Waals surface area (Å²) in [6.45, 7) is 2.04. The second-order valence-corrected chi connectivity index (χ2v) is 4.60. The van der Waals surface area contributed by atoms with E-state index in [4.69, 9.17) is 5.73 Å². The van der Waals surface area contributed by atoms with Crippen LogP contribution in [0.1, 0.15) is 5.56 Å². The van der Waals surface area contributed by atoms with Crippen LogP contribution in [0.3, 0.4) is 0 Å². The van der Waals surface area contributed by atoms with Gasteiger partial charge in [-0.05, 0) is 36.2 Å². The Morgan fingerprint density at radius 2 is 2.00 bits per heavy atom. The average molecular weight is 241 g/mol. The first-order valence-electron chi connectivity index (χ1n) is 5.33. The van der Waals surface area contributed by atoms with E-state index in [0.29, 0.717) is 0 Å². The topological polar surface area (TPSA) is 51.8 Å². The second kappa shape index (κ2) is 3.82. The maximum absolute atomic E-state index is 5.88. The third kappa shape index (κ3) is 1.76. The number of nitrogens with two attached hydrogens (primary N) is 1. The van der Waals surface area contributed by atoms with Crippen molar-refractivity contribution in [2.45, 2.75) is 6.92 Å². The molecule has 0 fully saturated rings. The van der Waals surface area contributed by atoms with E-state index in [1.165, 1.54) is 11.7 Å². The first-order valence-corrected chi connectivity index (χ1v) is 6.06. The van der Waals surface area contributed by atoms with Crippen molar-refractivity contribution in [3.05, 3.63) is 42.0 Å². The number of hydrogen-bond donors (Lipinski definition) is 1. The van der Waals surface area contributed by atoms with Gasteiger partial charge in [0.25, 0.3) is 0 Å². The minimum atomic E-state index is 0.778. The largest absolute Gasteiger partial charge is 0.399 e. The molecule has 84 valence electrons. The van der Waals surface area contributed by atoms with Gasteiger partial charge in [-0.1, -0.05) is 18.2 Å².